The Kier molecular flexibility index (Phi) is 4.48. The molecule has 0 radical (unpaired) electrons. The Balaban J connectivity index is 1.72. The van der Waals surface area contributed by atoms with Gasteiger partial charge in [0, 0.05) is 31.3 Å². The summed E-state index contributed by atoms with van der Waals surface area (Å²) in [7, 11) is 3.53. The lowest BCUT2D eigenvalue weighted by Crippen LogP contribution is -2.55. The monoisotopic (exact) mass is 338 g/mol. The molecule has 5 atom stereocenters. The molecular weight excluding hydrogens is 312 g/mol. The quantitative estimate of drug-likeness (QED) is 0.776. The minimum absolute atomic E-state index is 0.0474. The molecule has 0 amide bonds. The third-order valence-corrected chi connectivity index (χ3v) is 6.05. The fourth-order valence-electron chi connectivity index (χ4n) is 4.71. The van der Waals surface area contributed by atoms with E-state index < -0.39 is 0 Å². The van der Waals surface area contributed by atoms with Crippen LogP contribution in [0.4, 0.5) is 0 Å². The van der Waals surface area contributed by atoms with Crippen LogP contribution in [0.25, 0.3) is 10.9 Å². The van der Waals surface area contributed by atoms with E-state index in [1.807, 2.05) is 25.4 Å². The van der Waals surface area contributed by atoms with E-state index in [1.165, 1.54) is 18.4 Å². The van der Waals surface area contributed by atoms with Gasteiger partial charge in [0.25, 0.3) is 0 Å². The Morgan fingerprint density at radius 3 is 2.88 bits per heavy atom. The summed E-state index contributed by atoms with van der Waals surface area (Å²) >= 11 is 0. The lowest BCUT2D eigenvalue weighted by atomic mass is 9.73. The van der Waals surface area contributed by atoms with Crippen LogP contribution in [0.1, 0.15) is 24.5 Å². The van der Waals surface area contributed by atoms with Crippen molar-refractivity contribution < 1.29 is 9.47 Å². The van der Waals surface area contributed by atoms with Gasteiger partial charge in [0.2, 0.25) is 0 Å². The van der Waals surface area contributed by atoms with Crippen molar-refractivity contribution in [3.63, 3.8) is 0 Å². The Morgan fingerprint density at radius 2 is 2.20 bits per heavy atom. The van der Waals surface area contributed by atoms with Gasteiger partial charge in [-0.25, -0.2) is 0 Å². The van der Waals surface area contributed by atoms with Gasteiger partial charge in [-0.2, -0.15) is 0 Å². The van der Waals surface area contributed by atoms with Crippen molar-refractivity contribution in [2.45, 2.75) is 25.0 Å². The van der Waals surface area contributed by atoms with Crippen LogP contribution < -0.4 is 4.74 Å². The van der Waals surface area contributed by atoms with Crippen LogP contribution in [0.5, 0.6) is 5.75 Å². The molecule has 2 bridgehead atoms. The largest absolute Gasteiger partial charge is 0.497 e. The van der Waals surface area contributed by atoms with E-state index >= 15 is 0 Å². The highest BCUT2D eigenvalue weighted by atomic mass is 16.5. The van der Waals surface area contributed by atoms with Crippen molar-refractivity contribution in [2.75, 3.05) is 27.3 Å². The van der Waals surface area contributed by atoms with Crippen LogP contribution in [-0.2, 0) is 4.74 Å². The number of benzene rings is 1. The molecule has 0 N–H and O–H groups in total. The highest BCUT2D eigenvalue weighted by molar-refractivity contribution is 5.84. The van der Waals surface area contributed by atoms with Crippen molar-refractivity contribution in [2.24, 2.45) is 11.8 Å². The van der Waals surface area contributed by atoms with Crippen molar-refractivity contribution >= 4 is 10.9 Å². The molecule has 1 aromatic heterocycles. The van der Waals surface area contributed by atoms with Gasteiger partial charge in [0.15, 0.2) is 0 Å². The van der Waals surface area contributed by atoms with Gasteiger partial charge in [0.05, 0.1) is 18.7 Å². The smallest absolute Gasteiger partial charge is 0.119 e. The molecule has 25 heavy (non-hydrogen) atoms. The van der Waals surface area contributed by atoms with Crippen molar-refractivity contribution in [1.29, 1.82) is 0 Å². The third kappa shape index (κ3) is 2.83. The van der Waals surface area contributed by atoms with Crippen LogP contribution in [0.2, 0.25) is 0 Å². The molecule has 0 aliphatic carbocycles. The number of nitrogens with zero attached hydrogens (tertiary/aromatic N) is 2. The number of hydrogen-bond acceptors (Lipinski definition) is 4. The predicted octanol–water partition coefficient (Wildman–Crippen LogP) is 3.83. The van der Waals surface area contributed by atoms with Crippen molar-refractivity contribution in [1.82, 2.24) is 9.88 Å². The van der Waals surface area contributed by atoms with Crippen LogP contribution >= 0.6 is 0 Å². The van der Waals surface area contributed by atoms with Crippen LogP contribution in [0.15, 0.2) is 43.1 Å². The average Bonchev–Trinajstić information content (AvgIpc) is 2.68. The van der Waals surface area contributed by atoms with E-state index in [9.17, 15) is 0 Å². The number of ether oxygens (including phenoxy) is 2. The molecule has 132 valence electrons. The van der Waals surface area contributed by atoms with E-state index in [-0.39, 0.29) is 6.10 Å². The summed E-state index contributed by atoms with van der Waals surface area (Å²) in [5, 5.41) is 1.12. The molecular formula is C21H26N2O2. The minimum Gasteiger partial charge on any atom is -0.497 e. The fourth-order valence-corrected chi connectivity index (χ4v) is 4.71. The number of methoxy groups -OCH3 is 2. The first kappa shape index (κ1) is 16.6. The normalized spacial score (nSPS) is 29.5. The zero-order chi connectivity index (χ0) is 17.4. The van der Waals surface area contributed by atoms with Gasteiger partial charge in [-0.1, -0.05) is 6.08 Å². The number of fused-ring (bicyclic) bond motifs is 4. The average molecular weight is 338 g/mol. The summed E-state index contributed by atoms with van der Waals surface area (Å²) in [6.45, 7) is 6.29. The third-order valence-electron chi connectivity index (χ3n) is 6.05. The second-order valence-corrected chi connectivity index (χ2v) is 7.19. The summed E-state index contributed by atoms with van der Waals surface area (Å²) in [4.78, 5) is 7.10. The summed E-state index contributed by atoms with van der Waals surface area (Å²) in [5.41, 5.74) is 2.19. The summed E-state index contributed by atoms with van der Waals surface area (Å²) in [5.74, 6) is 2.21. The Bertz CT molecular complexity index is 776. The number of rotatable bonds is 5. The molecule has 1 aromatic carbocycles. The maximum Gasteiger partial charge on any atom is 0.119 e. The fraction of sp³-hybridized carbons (Fsp3) is 0.476. The number of aromatic nitrogens is 1. The second-order valence-electron chi connectivity index (χ2n) is 7.19. The van der Waals surface area contributed by atoms with Gasteiger partial charge in [-0.05, 0) is 61.1 Å². The molecule has 2 unspecified atom stereocenters. The SMILES string of the molecule is C=C[C@H]1CN2CCC1C[C@H]2[C@H](OC)c1ccnc2ccc(OC)cc12. The number of hydrogen-bond donors (Lipinski definition) is 0. The maximum absolute atomic E-state index is 6.04. The highest BCUT2D eigenvalue weighted by Crippen LogP contribution is 2.43. The first-order chi connectivity index (χ1) is 12.2. The van der Waals surface area contributed by atoms with Crippen molar-refractivity contribution in [3.8, 4) is 5.75 Å². The molecule has 4 heterocycles. The molecule has 3 aliphatic heterocycles. The van der Waals surface area contributed by atoms with Gasteiger partial charge in [-0.15, -0.1) is 6.58 Å². The van der Waals surface area contributed by atoms with Crippen LogP contribution in [0, 0.1) is 11.8 Å². The zero-order valence-electron chi connectivity index (χ0n) is 15.0. The number of pyridine rings is 1. The number of piperidine rings is 3. The first-order valence-corrected chi connectivity index (χ1v) is 9.07. The molecule has 4 heteroatoms. The van der Waals surface area contributed by atoms with Gasteiger partial charge >= 0.3 is 0 Å². The molecule has 5 rings (SSSR count). The van der Waals surface area contributed by atoms with E-state index in [0.29, 0.717) is 12.0 Å². The molecule has 3 saturated heterocycles. The summed E-state index contributed by atoms with van der Waals surface area (Å²) < 4.78 is 11.5. The van der Waals surface area contributed by atoms with E-state index in [1.54, 1.807) is 7.11 Å². The Hall–Kier alpha value is -1.91. The molecule has 2 aromatic rings. The molecule has 0 saturated carbocycles. The molecule has 4 nitrogen and oxygen atoms in total. The second kappa shape index (κ2) is 6.77. The lowest BCUT2D eigenvalue weighted by molar-refractivity contribution is -0.0601. The van der Waals surface area contributed by atoms with Crippen molar-refractivity contribution in [3.05, 3.63) is 48.7 Å². The lowest BCUT2D eigenvalue weighted by Gasteiger charge is -2.51. The highest BCUT2D eigenvalue weighted by Gasteiger charge is 2.42. The van der Waals surface area contributed by atoms with Gasteiger partial charge in [0.1, 0.15) is 5.75 Å². The standard InChI is InChI=1S/C21H26N2O2/c1-4-14-13-23-10-8-15(14)11-20(23)21(25-3)17-7-9-22-19-6-5-16(24-2)12-18(17)19/h4-7,9,12,14-15,20-21H,1,8,10-11,13H2,2-3H3/t14-,15?,20-,21+/m0/s1. The molecule has 3 fully saturated rings. The molecule has 3 aliphatic rings. The van der Waals surface area contributed by atoms with Gasteiger partial charge < -0.3 is 9.47 Å². The zero-order valence-corrected chi connectivity index (χ0v) is 15.0. The van der Waals surface area contributed by atoms with Crippen LogP contribution in [-0.4, -0.2) is 43.2 Å². The first-order valence-electron chi connectivity index (χ1n) is 9.07. The van der Waals surface area contributed by atoms with E-state index in [4.69, 9.17) is 9.47 Å². The van der Waals surface area contributed by atoms with Crippen LogP contribution in [0.3, 0.4) is 0 Å². The van der Waals surface area contributed by atoms with Gasteiger partial charge in [-0.3, -0.25) is 9.88 Å². The Morgan fingerprint density at radius 1 is 1.32 bits per heavy atom. The molecule has 0 spiro atoms. The predicted molar refractivity (Wildman–Crippen MR) is 99.8 cm³/mol. The maximum atomic E-state index is 6.04. The summed E-state index contributed by atoms with van der Waals surface area (Å²) in [6.07, 6.45) is 6.52. The van der Waals surface area contributed by atoms with E-state index in [2.05, 4.69) is 34.7 Å². The minimum atomic E-state index is 0.0474. The van der Waals surface area contributed by atoms with E-state index in [0.717, 1.165) is 35.7 Å². The topological polar surface area (TPSA) is 34.6 Å². The summed E-state index contributed by atoms with van der Waals surface area (Å²) in [6, 6.07) is 8.57. The Labute approximate surface area is 149 Å².